The summed E-state index contributed by atoms with van der Waals surface area (Å²) < 4.78 is 0. The first-order chi connectivity index (χ1) is 25.9. The van der Waals surface area contributed by atoms with Gasteiger partial charge < -0.3 is 0 Å². The van der Waals surface area contributed by atoms with Crippen LogP contribution in [0.4, 0.5) is 0 Å². The normalized spacial score (nSPS) is 12.5. The van der Waals surface area contributed by atoms with Gasteiger partial charge in [0.2, 0.25) is 0 Å². The van der Waals surface area contributed by atoms with Gasteiger partial charge in [0.1, 0.15) is 0 Å². The Morgan fingerprint density at radius 1 is 0.396 bits per heavy atom. The van der Waals surface area contributed by atoms with Gasteiger partial charge in [-0.25, -0.2) is 9.97 Å². The summed E-state index contributed by atoms with van der Waals surface area (Å²) in [7, 11) is 0. The lowest BCUT2D eigenvalue weighted by atomic mass is 9.81. The molecule has 250 valence electrons. The first-order valence-corrected chi connectivity index (χ1v) is 18.0. The summed E-state index contributed by atoms with van der Waals surface area (Å²) in [4.78, 5) is 10.4. The molecule has 0 saturated carbocycles. The Morgan fingerprint density at radius 3 is 1.57 bits per heavy atom. The number of benzene rings is 7. The molecule has 53 heavy (non-hydrogen) atoms. The smallest absolute Gasteiger partial charge is 0.160 e. The second-order valence-electron chi connectivity index (χ2n) is 14.2. The van der Waals surface area contributed by atoms with Crippen LogP contribution in [0.15, 0.2) is 176 Å². The Kier molecular flexibility index (Phi) is 7.87. The first kappa shape index (κ1) is 32.0. The summed E-state index contributed by atoms with van der Waals surface area (Å²) in [6.07, 6.45) is 0. The quantitative estimate of drug-likeness (QED) is 0.176. The number of hydrogen-bond donors (Lipinski definition) is 0. The lowest BCUT2D eigenvalue weighted by Gasteiger charge is -2.22. The fourth-order valence-corrected chi connectivity index (χ4v) is 7.69. The molecule has 0 radical (unpaired) electrons. The Hall–Kier alpha value is -6.89. The number of rotatable bonds is 6. The highest BCUT2D eigenvalue weighted by Gasteiger charge is 2.35. The zero-order valence-electron chi connectivity index (χ0n) is 29.6. The second-order valence-corrected chi connectivity index (χ2v) is 14.2. The van der Waals surface area contributed by atoms with Crippen molar-refractivity contribution < 1.29 is 0 Å². The molecule has 0 aliphatic heterocycles. The SMILES string of the molecule is CC1(C)c2ccc(C#N)cc2-c2ccc(-c3cccc(-c4cc(-c5cc(-c6ccccc6)cc(-c6ccccc6)c5)nc(-c5ccccc5)n4)c3)cc21. The van der Waals surface area contributed by atoms with Gasteiger partial charge >= 0.3 is 0 Å². The van der Waals surface area contributed by atoms with Gasteiger partial charge in [-0.15, -0.1) is 0 Å². The summed E-state index contributed by atoms with van der Waals surface area (Å²) in [5.74, 6) is 0.684. The van der Waals surface area contributed by atoms with Crippen molar-refractivity contribution in [1.29, 1.82) is 5.26 Å². The van der Waals surface area contributed by atoms with Crippen LogP contribution in [0.3, 0.4) is 0 Å². The summed E-state index contributed by atoms with van der Waals surface area (Å²) in [5, 5.41) is 9.58. The van der Waals surface area contributed by atoms with Gasteiger partial charge in [-0.05, 0) is 104 Å². The number of hydrogen-bond acceptors (Lipinski definition) is 3. The van der Waals surface area contributed by atoms with Crippen molar-refractivity contribution in [3.63, 3.8) is 0 Å². The fraction of sp³-hybridized carbons (Fsp3) is 0.0600. The molecule has 0 bridgehead atoms. The minimum absolute atomic E-state index is 0.175. The highest BCUT2D eigenvalue weighted by atomic mass is 14.9. The predicted molar refractivity (Wildman–Crippen MR) is 217 cm³/mol. The molecule has 3 heteroatoms. The molecule has 9 rings (SSSR count). The van der Waals surface area contributed by atoms with E-state index in [1.807, 2.05) is 30.3 Å². The molecule has 1 heterocycles. The molecule has 7 aromatic carbocycles. The molecule has 0 atom stereocenters. The maximum atomic E-state index is 9.58. The first-order valence-electron chi connectivity index (χ1n) is 18.0. The summed E-state index contributed by atoms with van der Waals surface area (Å²) in [6, 6.07) is 63.9. The van der Waals surface area contributed by atoms with Gasteiger partial charge in [0.15, 0.2) is 5.82 Å². The number of nitriles is 1. The largest absolute Gasteiger partial charge is 0.228 e. The van der Waals surface area contributed by atoms with Crippen LogP contribution < -0.4 is 0 Å². The lowest BCUT2D eigenvalue weighted by molar-refractivity contribution is 0.660. The highest BCUT2D eigenvalue weighted by Crippen LogP contribution is 2.50. The van der Waals surface area contributed by atoms with Crippen molar-refractivity contribution in [2.75, 3.05) is 0 Å². The molecular formula is C50H35N3. The van der Waals surface area contributed by atoms with Crippen LogP contribution >= 0.6 is 0 Å². The minimum atomic E-state index is -0.175. The van der Waals surface area contributed by atoms with E-state index >= 15 is 0 Å². The number of aromatic nitrogens is 2. The van der Waals surface area contributed by atoms with Crippen LogP contribution in [0.5, 0.6) is 0 Å². The lowest BCUT2D eigenvalue weighted by Crippen LogP contribution is -2.15. The summed E-state index contributed by atoms with van der Waals surface area (Å²) >= 11 is 0. The molecule has 1 aliphatic carbocycles. The molecule has 0 fully saturated rings. The van der Waals surface area contributed by atoms with Crippen LogP contribution in [-0.4, -0.2) is 9.97 Å². The van der Waals surface area contributed by atoms with E-state index in [1.54, 1.807) is 0 Å². The zero-order valence-corrected chi connectivity index (χ0v) is 29.6. The molecule has 8 aromatic rings. The Bertz CT molecular complexity index is 2630. The summed E-state index contributed by atoms with van der Waals surface area (Å²) in [6.45, 7) is 4.54. The molecule has 1 aromatic heterocycles. The number of fused-ring (bicyclic) bond motifs is 3. The second kappa shape index (κ2) is 13.0. The van der Waals surface area contributed by atoms with E-state index in [4.69, 9.17) is 9.97 Å². The van der Waals surface area contributed by atoms with Gasteiger partial charge in [-0.2, -0.15) is 5.26 Å². The molecule has 3 nitrogen and oxygen atoms in total. The molecule has 1 aliphatic rings. The third kappa shape index (κ3) is 5.91. The van der Waals surface area contributed by atoms with E-state index in [-0.39, 0.29) is 5.41 Å². The Labute approximate surface area is 310 Å². The van der Waals surface area contributed by atoms with Crippen LogP contribution in [-0.2, 0) is 5.41 Å². The van der Waals surface area contributed by atoms with E-state index in [2.05, 4.69) is 166 Å². The molecule has 0 N–H and O–H groups in total. The van der Waals surface area contributed by atoms with E-state index in [1.165, 1.54) is 16.7 Å². The molecule has 0 amide bonds. The van der Waals surface area contributed by atoms with Crippen molar-refractivity contribution in [1.82, 2.24) is 9.97 Å². The van der Waals surface area contributed by atoms with Crippen molar-refractivity contribution >= 4 is 0 Å². The van der Waals surface area contributed by atoms with Crippen molar-refractivity contribution in [2.24, 2.45) is 0 Å². The molecule has 0 unspecified atom stereocenters. The maximum absolute atomic E-state index is 9.58. The van der Waals surface area contributed by atoms with Crippen LogP contribution in [0, 0.1) is 11.3 Å². The maximum Gasteiger partial charge on any atom is 0.160 e. The van der Waals surface area contributed by atoms with Gasteiger partial charge in [0.25, 0.3) is 0 Å². The molecule has 0 saturated heterocycles. The van der Waals surface area contributed by atoms with E-state index in [9.17, 15) is 5.26 Å². The van der Waals surface area contributed by atoms with Crippen molar-refractivity contribution in [3.8, 4) is 84.5 Å². The topological polar surface area (TPSA) is 49.6 Å². The third-order valence-corrected chi connectivity index (χ3v) is 10.5. The average molecular weight is 678 g/mol. The Morgan fingerprint density at radius 2 is 0.925 bits per heavy atom. The monoisotopic (exact) mass is 677 g/mol. The Balaban J connectivity index is 1.18. The van der Waals surface area contributed by atoms with E-state index in [0.717, 1.165) is 67.0 Å². The minimum Gasteiger partial charge on any atom is -0.228 e. The van der Waals surface area contributed by atoms with Crippen LogP contribution in [0.2, 0.25) is 0 Å². The standard InChI is InChI=1S/C50H35N3/c1-50(2)45-24-21-33(32-51)25-44(45)43-23-22-38(30-46(43)50)37-19-12-20-39(26-37)47-31-48(53-49(52-47)36-17-10-5-11-18-36)42-28-40(34-13-6-3-7-14-34)27-41(29-42)35-15-8-4-9-16-35/h3-31H,1-2H3. The predicted octanol–water partition coefficient (Wildman–Crippen LogP) is 12.7. The fourth-order valence-electron chi connectivity index (χ4n) is 7.69. The average Bonchev–Trinajstić information content (AvgIpc) is 3.46. The van der Waals surface area contributed by atoms with Crippen LogP contribution in [0.25, 0.3) is 78.4 Å². The van der Waals surface area contributed by atoms with Crippen molar-refractivity contribution in [2.45, 2.75) is 19.3 Å². The molecule has 0 spiro atoms. The van der Waals surface area contributed by atoms with E-state index in [0.29, 0.717) is 11.4 Å². The molecular weight excluding hydrogens is 643 g/mol. The third-order valence-electron chi connectivity index (χ3n) is 10.5. The van der Waals surface area contributed by atoms with E-state index < -0.39 is 0 Å². The van der Waals surface area contributed by atoms with Gasteiger partial charge in [-0.1, -0.05) is 141 Å². The highest BCUT2D eigenvalue weighted by molar-refractivity contribution is 5.86. The van der Waals surface area contributed by atoms with Crippen LogP contribution in [0.1, 0.15) is 30.5 Å². The number of nitrogens with zero attached hydrogens (tertiary/aromatic N) is 3. The van der Waals surface area contributed by atoms with Crippen molar-refractivity contribution in [3.05, 3.63) is 193 Å². The zero-order chi connectivity index (χ0) is 35.9. The van der Waals surface area contributed by atoms with Gasteiger partial charge in [0, 0.05) is 22.1 Å². The van der Waals surface area contributed by atoms with Gasteiger partial charge in [0.05, 0.1) is 23.0 Å². The summed E-state index contributed by atoms with van der Waals surface area (Å²) in [5.41, 5.74) is 17.0. The van der Waals surface area contributed by atoms with Gasteiger partial charge in [-0.3, -0.25) is 0 Å².